The fourth-order valence-electron chi connectivity index (χ4n) is 1.51. The van der Waals surface area contributed by atoms with Gasteiger partial charge in [0.05, 0.1) is 13.2 Å². The highest BCUT2D eigenvalue weighted by Gasteiger charge is 2.09. The number of amides is 1. The van der Waals surface area contributed by atoms with E-state index in [0.717, 1.165) is 5.69 Å². The molecular weight excluding hydrogens is 230 g/mol. The Balaban J connectivity index is 1.99. The van der Waals surface area contributed by atoms with Crippen LogP contribution in [0.2, 0.25) is 0 Å². The summed E-state index contributed by atoms with van der Waals surface area (Å²) in [4.78, 5) is 11.9. The monoisotopic (exact) mass is 245 g/mol. The highest BCUT2D eigenvalue weighted by molar-refractivity contribution is 6.02. The molecule has 0 aliphatic carbocycles. The van der Waals surface area contributed by atoms with Gasteiger partial charge in [-0.1, -0.05) is 18.2 Å². The number of hydrogen-bond acceptors (Lipinski definition) is 3. The van der Waals surface area contributed by atoms with Crippen LogP contribution in [0.1, 0.15) is 10.5 Å². The molecule has 1 aromatic carbocycles. The maximum Gasteiger partial charge on any atom is 0.276 e. The number of carbonyl (C=O) groups is 1. The van der Waals surface area contributed by atoms with Crippen molar-refractivity contribution in [1.82, 2.24) is 9.78 Å². The van der Waals surface area contributed by atoms with Gasteiger partial charge in [-0.2, -0.15) is 5.10 Å². The molecule has 0 aliphatic heterocycles. The zero-order chi connectivity index (χ0) is 12.8. The van der Waals surface area contributed by atoms with Gasteiger partial charge in [-0.05, 0) is 18.2 Å². The fourth-order valence-corrected chi connectivity index (χ4v) is 1.51. The molecule has 2 aromatic rings. The second kappa shape index (κ2) is 5.97. The van der Waals surface area contributed by atoms with E-state index in [1.165, 1.54) is 0 Å². The number of carbonyl (C=O) groups excluding carboxylic acids is 1. The number of nitrogens with zero attached hydrogens (tertiary/aromatic N) is 2. The maximum absolute atomic E-state index is 11.9. The van der Waals surface area contributed by atoms with E-state index < -0.39 is 0 Å². The molecule has 0 saturated carbocycles. The third-order valence-electron chi connectivity index (χ3n) is 2.43. The largest absolute Gasteiger partial charge is 0.383 e. The highest BCUT2D eigenvalue weighted by atomic mass is 16.5. The van der Waals surface area contributed by atoms with Gasteiger partial charge in [-0.25, -0.2) is 0 Å². The number of aromatic nitrogens is 2. The Morgan fingerprint density at radius 2 is 2.11 bits per heavy atom. The number of rotatable bonds is 5. The average molecular weight is 245 g/mol. The minimum Gasteiger partial charge on any atom is -0.383 e. The van der Waals surface area contributed by atoms with Gasteiger partial charge >= 0.3 is 0 Å². The van der Waals surface area contributed by atoms with Crippen LogP contribution in [0.4, 0.5) is 5.69 Å². The molecule has 2 rings (SSSR count). The van der Waals surface area contributed by atoms with Gasteiger partial charge in [0.25, 0.3) is 5.91 Å². The Kier molecular flexibility index (Phi) is 4.09. The van der Waals surface area contributed by atoms with E-state index in [9.17, 15) is 4.79 Å². The van der Waals surface area contributed by atoms with Gasteiger partial charge in [0.2, 0.25) is 0 Å². The predicted molar refractivity (Wildman–Crippen MR) is 68.5 cm³/mol. The molecular formula is C13H15N3O2. The van der Waals surface area contributed by atoms with Gasteiger partial charge in [-0.3, -0.25) is 9.48 Å². The van der Waals surface area contributed by atoms with Crippen LogP contribution >= 0.6 is 0 Å². The van der Waals surface area contributed by atoms with Crippen molar-refractivity contribution in [3.63, 3.8) is 0 Å². The van der Waals surface area contributed by atoms with Crippen molar-refractivity contribution in [3.05, 3.63) is 48.3 Å². The third kappa shape index (κ3) is 3.18. The highest BCUT2D eigenvalue weighted by Crippen LogP contribution is 2.07. The first-order valence-electron chi connectivity index (χ1n) is 5.68. The molecule has 1 aromatic heterocycles. The zero-order valence-corrected chi connectivity index (χ0v) is 10.2. The number of ether oxygens (including phenoxy) is 1. The maximum atomic E-state index is 11.9. The summed E-state index contributed by atoms with van der Waals surface area (Å²) < 4.78 is 6.63. The Bertz CT molecular complexity index is 508. The van der Waals surface area contributed by atoms with Gasteiger partial charge in [0.1, 0.15) is 0 Å². The van der Waals surface area contributed by atoms with Crippen molar-refractivity contribution in [3.8, 4) is 0 Å². The van der Waals surface area contributed by atoms with E-state index in [4.69, 9.17) is 4.74 Å². The molecule has 0 spiro atoms. The molecule has 0 fully saturated rings. The lowest BCUT2D eigenvalue weighted by molar-refractivity contribution is 0.102. The number of hydrogen-bond donors (Lipinski definition) is 1. The standard InChI is InChI=1S/C13H15N3O2/c1-18-10-9-16-8-7-12(15-16)13(17)14-11-5-3-2-4-6-11/h2-8H,9-10H2,1H3,(H,14,17). The summed E-state index contributed by atoms with van der Waals surface area (Å²) in [6.07, 6.45) is 1.76. The molecule has 0 bridgehead atoms. The van der Waals surface area contributed by atoms with Crippen molar-refractivity contribution < 1.29 is 9.53 Å². The van der Waals surface area contributed by atoms with Crippen LogP contribution < -0.4 is 5.32 Å². The molecule has 0 unspecified atom stereocenters. The van der Waals surface area contributed by atoms with Gasteiger partial charge in [-0.15, -0.1) is 0 Å². The van der Waals surface area contributed by atoms with Gasteiger partial charge in [0, 0.05) is 19.0 Å². The summed E-state index contributed by atoms with van der Waals surface area (Å²) >= 11 is 0. The van der Waals surface area contributed by atoms with E-state index in [0.29, 0.717) is 18.8 Å². The molecule has 5 heteroatoms. The lowest BCUT2D eigenvalue weighted by atomic mass is 10.3. The van der Waals surface area contributed by atoms with Crippen LogP contribution in [0, 0.1) is 0 Å². The second-order valence-electron chi connectivity index (χ2n) is 3.78. The number of nitrogens with one attached hydrogen (secondary N) is 1. The van der Waals surface area contributed by atoms with E-state index in [1.807, 2.05) is 30.3 Å². The third-order valence-corrected chi connectivity index (χ3v) is 2.43. The Hall–Kier alpha value is -2.14. The zero-order valence-electron chi connectivity index (χ0n) is 10.2. The Morgan fingerprint density at radius 3 is 2.83 bits per heavy atom. The number of anilines is 1. The SMILES string of the molecule is COCCn1ccc(C(=O)Nc2ccccc2)n1. The second-order valence-corrected chi connectivity index (χ2v) is 3.78. The van der Waals surface area contributed by atoms with Crippen molar-refractivity contribution in [1.29, 1.82) is 0 Å². The summed E-state index contributed by atoms with van der Waals surface area (Å²) in [7, 11) is 1.63. The van der Waals surface area contributed by atoms with Crippen molar-refractivity contribution in [2.75, 3.05) is 19.0 Å². The molecule has 94 valence electrons. The number of benzene rings is 1. The van der Waals surface area contributed by atoms with E-state index >= 15 is 0 Å². The molecule has 18 heavy (non-hydrogen) atoms. The van der Waals surface area contributed by atoms with E-state index in [1.54, 1.807) is 24.1 Å². The van der Waals surface area contributed by atoms with E-state index in [2.05, 4.69) is 10.4 Å². The quantitative estimate of drug-likeness (QED) is 0.873. The van der Waals surface area contributed by atoms with Gasteiger partial charge < -0.3 is 10.1 Å². The first kappa shape index (κ1) is 12.3. The minimum absolute atomic E-state index is 0.211. The summed E-state index contributed by atoms with van der Waals surface area (Å²) in [6.45, 7) is 1.20. The lowest BCUT2D eigenvalue weighted by Gasteiger charge is -2.02. The molecule has 5 nitrogen and oxygen atoms in total. The fraction of sp³-hybridized carbons (Fsp3) is 0.231. The van der Waals surface area contributed by atoms with Crippen LogP contribution in [0.3, 0.4) is 0 Å². The van der Waals surface area contributed by atoms with Crippen molar-refractivity contribution >= 4 is 11.6 Å². The van der Waals surface area contributed by atoms with Crippen molar-refractivity contribution in [2.24, 2.45) is 0 Å². The van der Waals surface area contributed by atoms with E-state index in [-0.39, 0.29) is 5.91 Å². The average Bonchev–Trinajstić information content (AvgIpc) is 2.86. The molecule has 0 radical (unpaired) electrons. The Morgan fingerprint density at radius 1 is 1.33 bits per heavy atom. The van der Waals surface area contributed by atoms with Crippen molar-refractivity contribution in [2.45, 2.75) is 6.54 Å². The Labute approximate surface area is 105 Å². The molecule has 0 aliphatic rings. The molecule has 0 atom stereocenters. The lowest BCUT2D eigenvalue weighted by Crippen LogP contribution is -2.13. The van der Waals surface area contributed by atoms with Crippen LogP contribution in [0.5, 0.6) is 0 Å². The molecule has 1 amide bonds. The summed E-state index contributed by atoms with van der Waals surface area (Å²) in [5.74, 6) is -0.211. The topological polar surface area (TPSA) is 56.1 Å². The van der Waals surface area contributed by atoms with Gasteiger partial charge in [0.15, 0.2) is 5.69 Å². The molecule has 1 heterocycles. The van der Waals surface area contributed by atoms with Crippen LogP contribution in [-0.4, -0.2) is 29.4 Å². The summed E-state index contributed by atoms with van der Waals surface area (Å²) in [6, 6.07) is 11.0. The summed E-state index contributed by atoms with van der Waals surface area (Å²) in [5, 5.41) is 6.95. The first-order chi connectivity index (χ1) is 8.79. The number of para-hydroxylation sites is 1. The predicted octanol–water partition coefficient (Wildman–Crippen LogP) is 1.78. The molecule has 1 N–H and O–H groups in total. The normalized spacial score (nSPS) is 10.3. The number of methoxy groups -OCH3 is 1. The smallest absolute Gasteiger partial charge is 0.276 e. The minimum atomic E-state index is -0.211. The van der Waals surface area contributed by atoms with Crippen LogP contribution in [0.15, 0.2) is 42.6 Å². The summed E-state index contributed by atoms with van der Waals surface area (Å²) in [5.41, 5.74) is 1.16. The van der Waals surface area contributed by atoms with Crippen LogP contribution in [0.25, 0.3) is 0 Å². The first-order valence-corrected chi connectivity index (χ1v) is 5.68. The van der Waals surface area contributed by atoms with Crippen LogP contribution in [-0.2, 0) is 11.3 Å². The molecule has 0 saturated heterocycles.